The Morgan fingerprint density at radius 2 is 2.25 bits per heavy atom. The Labute approximate surface area is 72.4 Å². The molecule has 1 heterocycles. The zero-order chi connectivity index (χ0) is 8.72. The Kier molecular flexibility index (Phi) is 1.46. The molecule has 1 aromatic rings. The summed E-state index contributed by atoms with van der Waals surface area (Å²) >= 11 is 0. The Bertz CT molecular complexity index is 360. The molecule has 0 spiro atoms. The van der Waals surface area contributed by atoms with Crippen LogP contribution in [0.2, 0.25) is 0 Å². The van der Waals surface area contributed by atoms with Gasteiger partial charge in [0.2, 0.25) is 0 Å². The van der Waals surface area contributed by atoms with Crippen molar-refractivity contribution >= 4 is 19.2 Å². The van der Waals surface area contributed by atoms with E-state index < -0.39 is 0 Å². The standard InChI is InChI=1S/C9H8BNO/c1-5-2-7(10)3-6-4-11-9(12)8(5)6/h2-3H,4H2,1H3,(H,11,12). The minimum absolute atomic E-state index is 0.0162. The molecule has 0 aliphatic carbocycles. The first-order chi connectivity index (χ1) is 5.68. The van der Waals surface area contributed by atoms with Gasteiger partial charge in [0.1, 0.15) is 7.85 Å². The van der Waals surface area contributed by atoms with Crippen molar-refractivity contribution in [2.75, 3.05) is 0 Å². The number of carbonyl (C=O) groups is 1. The number of benzene rings is 1. The summed E-state index contributed by atoms with van der Waals surface area (Å²) < 4.78 is 0. The molecule has 2 nitrogen and oxygen atoms in total. The number of aryl methyl sites for hydroxylation is 1. The van der Waals surface area contributed by atoms with E-state index in [1.54, 1.807) is 0 Å². The van der Waals surface area contributed by atoms with Gasteiger partial charge >= 0.3 is 0 Å². The summed E-state index contributed by atoms with van der Waals surface area (Å²) in [7, 11) is 5.64. The fourth-order valence-electron chi connectivity index (χ4n) is 1.62. The molecule has 0 bridgehead atoms. The third-order valence-corrected chi connectivity index (χ3v) is 2.11. The van der Waals surface area contributed by atoms with Gasteiger partial charge in [-0.15, -0.1) is 0 Å². The fraction of sp³-hybridized carbons (Fsp3) is 0.222. The van der Waals surface area contributed by atoms with Crippen LogP contribution in [-0.2, 0) is 6.54 Å². The normalized spacial score (nSPS) is 14.2. The first-order valence-corrected chi connectivity index (χ1v) is 3.85. The van der Waals surface area contributed by atoms with Crippen molar-refractivity contribution in [2.24, 2.45) is 0 Å². The number of carbonyl (C=O) groups excluding carboxylic acids is 1. The predicted molar refractivity (Wildman–Crippen MR) is 47.7 cm³/mol. The summed E-state index contributed by atoms with van der Waals surface area (Å²) in [5.41, 5.74) is 3.49. The molecule has 2 radical (unpaired) electrons. The van der Waals surface area contributed by atoms with Crippen molar-refractivity contribution < 1.29 is 4.79 Å². The molecule has 0 atom stereocenters. The molecule has 58 valence electrons. The van der Waals surface area contributed by atoms with E-state index in [0.29, 0.717) is 6.54 Å². The van der Waals surface area contributed by atoms with Gasteiger partial charge in [-0.25, -0.2) is 0 Å². The highest BCUT2D eigenvalue weighted by Gasteiger charge is 2.20. The lowest BCUT2D eigenvalue weighted by Gasteiger charge is -2.02. The number of hydrogen-bond donors (Lipinski definition) is 1. The van der Waals surface area contributed by atoms with Crippen LogP contribution in [0, 0.1) is 6.92 Å². The van der Waals surface area contributed by atoms with Crippen LogP contribution in [0.3, 0.4) is 0 Å². The van der Waals surface area contributed by atoms with Gasteiger partial charge in [0.05, 0.1) is 0 Å². The van der Waals surface area contributed by atoms with Crippen LogP contribution in [0.1, 0.15) is 21.5 Å². The molecule has 0 aromatic heterocycles. The molecule has 0 saturated heterocycles. The lowest BCUT2D eigenvalue weighted by Crippen LogP contribution is -2.13. The van der Waals surface area contributed by atoms with Crippen molar-refractivity contribution in [2.45, 2.75) is 13.5 Å². The van der Waals surface area contributed by atoms with Crippen molar-refractivity contribution in [3.05, 3.63) is 28.8 Å². The first-order valence-electron chi connectivity index (χ1n) is 3.85. The van der Waals surface area contributed by atoms with Crippen LogP contribution in [0.25, 0.3) is 0 Å². The van der Waals surface area contributed by atoms with Gasteiger partial charge in [-0.3, -0.25) is 4.79 Å². The second-order valence-electron chi connectivity index (χ2n) is 3.05. The van der Waals surface area contributed by atoms with Crippen LogP contribution in [0.5, 0.6) is 0 Å². The predicted octanol–water partition coefficient (Wildman–Crippen LogP) is 0.0322. The average molecular weight is 157 g/mol. The van der Waals surface area contributed by atoms with E-state index in [0.717, 1.165) is 22.2 Å². The zero-order valence-electron chi connectivity index (χ0n) is 6.85. The Hall–Kier alpha value is -1.25. The van der Waals surface area contributed by atoms with Crippen molar-refractivity contribution in [3.8, 4) is 0 Å². The molecule has 12 heavy (non-hydrogen) atoms. The molecular weight excluding hydrogens is 149 g/mol. The number of rotatable bonds is 0. The highest BCUT2D eigenvalue weighted by molar-refractivity contribution is 6.32. The topological polar surface area (TPSA) is 29.1 Å². The van der Waals surface area contributed by atoms with Crippen LogP contribution in [0.15, 0.2) is 12.1 Å². The van der Waals surface area contributed by atoms with Crippen molar-refractivity contribution in [1.29, 1.82) is 0 Å². The molecule has 0 fully saturated rings. The van der Waals surface area contributed by atoms with Crippen LogP contribution >= 0.6 is 0 Å². The molecule has 1 amide bonds. The quantitative estimate of drug-likeness (QED) is 0.529. The number of amides is 1. The van der Waals surface area contributed by atoms with E-state index in [1.807, 2.05) is 19.1 Å². The molecule has 1 aliphatic rings. The molecule has 0 unspecified atom stereocenters. The van der Waals surface area contributed by atoms with E-state index in [9.17, 15) is 4.79 Å². The maximum atomic E-state index is 11.2. The molecule has 1 aromatic carbocycles. The maximum Gasteiger partial charge on any atom is 0.252 e. The summed E-state index contributed by atoms with van der Waals surface area (Å²) in [6, 6.07) is 3.67. The zero-order valence-corrected chi connectivity index (χ0v) is 6.85. The van der Waals surface area contributed by atoms with E-state index >= 15 is 0 Å². The average Bonchev–Trinajstić information content (AvgIpc) is 2.31. The molecule has 1 N–H and O–H groups in total. The summed E-state index contributed by atoms with van der Waals surface area (Å²) in [6.07, 6.45) is 0. The molecular formula is C9H8BNO. The lowest BCUT2D eigenvalue weighted by molar-refractivity contribution is 0.0965. The number of hydrogen-bond acceptors (Lipinski definition) is 1. The summed E-state index contributed by atoms with van der Waals surface area (Å²) in [4.78, 5) is 11.2. The van der Waals surface area contributed by atoms with Gasteiger partial charge in [-0.2, -0.15) is 0 Å². The second kappa shape index (κ2) is 2.37. The molecule has 1 aliphatic heterocycles. The fourth-order valence-corrected chi connectivity index (χ4v) is 1.62. The second-order valence-corrected chi connectivity index (χ2v) is 3.05. The Balaban J connectivity index is 2.68. The SMILES string of the molecule is [B]c1cc(C)c2c(c1)CNC2=O. The highest BCUT2D eigenvalue weighted by Crippen LogP contribution is 2.17. The lowest BCUT2D eigenvalue weighted by atomic mass is 9.90. The molecule has 3 heteroatoms. The van der Waals surface area contributed by atoms with Crippen molar-refractivity contribution in [1.82, 2.24) is 5.32 Å². The third-order valence-electron chi connectivity index (χ3n) is 2.11. The number of nitrogens with one attached hydrogen (secondary N) is 1. The minimum Gasteiger partial charge on any atom is -0.348 e. The van der Waals surface area contributed by atoms with E-state index in [1.165, 1.54) is 0 Å². The van der Waals surface area contributed by atoms with E-state index in [4.69, 9.17) is 7.85 Å². The van der Waals surface area contributed by atoms with Gasteiger partial charge in [0.25, 0.3) is 5.91 Å². The Morgan fingerprint density at radius 1 is 1.50 bits per heavy atom. The highest BCUT2D eigenvalue weighted by atomic mass is 16.1. The van der Waals surface area contributed by atoms with Crippen LogP contribution < -0.4 is 10.8 Å². The summed E-state index contributed by atoms with van der Waals surface area (Å²) in [6.45, 7) is 2.51. The van der Waals surface area contributed by atoms with Crippen molar-refractivity contribution in [3.63, 3.8) is 0 Å². The maximum absolute atomic E-state index is 11.2. The van der Waals surface area contributed by atoms with Gasteiger partial charge in [-0.1, -0.05) is 17.6 Å². The monoisotopic (exact) mass is 157 g/mol. The third kappa shape index (κ3) is 0.933. The van der Waals surface area contributed by atoms with Gasteiger partial charge < -0.3 is 5.32 Å². The van der Waals surface area contributed by atoms with Crippen LogP contribution in [0.4, 0.5) is 0 Å². The first kappa shape index (κ1) is 7.41. The summed E-state index contributed by atoms with van der Waals surface area (Å²) in [5.74, 6) is 0.0162. The molecule has 0 saturated carbocycles. The smallest absolute Gasteiger partial charge is 0.252 e. The Morgan fingerprint density at radius 3 is 3.00 bits per heavy atom. The molecule has 2 rings (SSSR count). The van der Waals surface area contributed by atoms with Gasteiger partial charge in [-0.05, 0) is 18.1 Å². The van der Waals surface area contributed by atoms with Gasteiger partial charge in [0.15, 0.2) is 0 Å². The van der Waals surface area contributed by atoms with E-state index in [2.05, 4.69) is 5.32 Å². The van der Waals surface area contributed by atoms with Crippen LogP contribution in [-0.4, -0.2) is 13.8 Å². The largest absolute Gasteiger partial charge is 0.348 e. The van der Waals surface area contributed by atoms with Gasteiger partial charge in [0, 0.05) is 12.1 Å². The number of fused-ring (bicyclic) bond motifs is 1. The summed E-state index contributed by atoms with van der Waals surface area (Å²) in [5, 5.41) is 2.76. The van der Waals surface area contributed by atoms with E-state index in [-0.39, 0.29) is 5.91 Å². The minimum atomic E-state index is 0.0162.